The molecule has 4 heterocycles. The Morgan fingerprint density at radius 2 is 2.03 bits per heavy atom. The van der Waals surface area contributed by atoms with Crippen LogP contribution in [0, 0.1) is 11.7 Å². The van der Waals surface area contributed by atoms with Crippen molar-refractivity contribution in [2.75, 3.05) is 29.9 Å². The Labute approximate surface area is 208 Å². The number of anilines is 2. The summed E-state index contributed by atoms with van der Waals surface area (Å²) >= 11 is 6.08. The first-order valence-corrected chi connectivity index (χ1v) is 12.8. The average molecular weight is 498 g/mol. The van der Waals surface area contributed by atoms with Gasteiger partial charge in [0.05, 0.1) is 17.1 Å². The van der Waals surface area contributed by atoms with E-state index in [1.807, 2.05) is 0 Å². The molecule has 1 aliphatic carbocycles. The van der Waals surface area contributed by atoms with Gasteiger partial charge >= 0.3 is 0 Å². The number of fused-ring (bicyclic) bond motifs is 1. The number of hydrogen-bond acceptors (Lipinski definition) is 6. The lowest BCUT2D eigenvalue weighted by Gasteiger charge is -2.53. The number of carbonyl (C=O) groups is 1. The van der Waals surface area contributed by atoms with Crippen LogP contribution in [0.25, 0.3) is 11.0 Å². The second kappa shape index (κ2) is 8.93. The smallest absolute Gasteiger partial charge is 0.245 e. The van der Waals surface area contributed by atoms with Gasteiger partial charge in [0, 0.05) is 30.3 Å². The lowest BCUT2D eigenvalue weighted by atomic mass is 9.79. The zero-order chi connectivity index (χ0) is 24.0. The van der Waals surface area contributed by atoms with Crippen molar-refractivity contribution in [3.05, 3.63) is 41.6 Å². The third-order valence-electron chi connectivity index (χ3n) is 7.74. The molecule has 0 bridgehead atoms. The van der Waals surface area contributed by atoms with Crippen LogP contribution in [0.3, 0.4) is 0 Å². The largest absolute Gasteiger partial charge is 0.373 e. The first-order valence-electron chi connectivity index (χ1n) is 12.5. The molecule has 184 valence electrons. The summed E-state index contributed by atoms with van der Waals surface area (Å²) in [5.41, 5.74) is 1.03. The van der Waals surface area contributed by atoms with Gasteiger partial charge in [0.15, 0.2) is 5.65 Å². The number of amides is 1. The quantitative estimate of drug-likeness (QED) is 0.543. The van der Waals surface area contributed by atoms with Crippen LogP contribution < -0.4 is 10.2 Å². The highest BCUT2D eigenvalue weighted by Gasteiger charge is 2.48. The number of likely N-dealkylation sites (tertiary alicyclic amines) is 1. The highest BCUT2D eigenvalue weighted by atomic mass is 35.5. The topological polar surface area (TPSA) is 90.0 Å². The van der Waals surface area contributed by atoms with Crippen LogP contribution in [0.2, 0.25) is 5.02 Å². The van der Waals surface area contributed by atoms with Gasteiger partial charge in [-0.05, 0) is 69.1 Å². The Morgan fingerprint density at radius 3 is 2.86 bits per heavy atom. The highest BCUT2D eigenvalue weighted by molar-refractivity contribution is 6.30. The predicted molar refractivity (Wildman–Crippen MR) is 133 cm³/mol. The van der Waals surface area contributed by atoms with Crippen molar-refractivity contribution in [1.29, 1.82) is 0 Å². The van der Waals surface area contributed by atoms with E-state index in [0.717, 1.165) is 81.4 Å². The van der Waals surface area contributed by atoms with Crippen molar-refractivity contribution in [1.82, 2.24) is 25.1 Å². The number of rotatable bonds is 5. The van der Waals surface area contributed by atoms with E-state index in [9.17, 15) is 9.18 Å². The first-order chi connectivity index (χ1) is 17.0. The summed E-state index contributed by atoms with van der Waals surface area (Å²) in [5, 5.41) is 11.6. The van der Waals surface area contributed by atoms with Gasteiger partial charge in [-0.3, -0.25) is 9.89 Å². The van der Waals surface area contributed by atoms with Crippen LogP contribution in [0.1, 0.15) is 44.9 Å². The van der Waals surface area contributed by atoms with Crippen LogP contribution in [0.15, 0.2) is 30.7 Å². The number of piperidine rings is 2. The number of H-pyrrole nitrogens is 1. The number of nitrogens with zero attached hydrogens (tertiary/aromatic N) is 5. The molecule has 2 atom stereocenters. The van der Waals surface area contributed by atoms with E-state index in [1.165, 1.54) is 12.1 Å². The van der Waals surface area contributed by atoms with Gasteiger partial charge in [-0.2, -0.15) is 5.10 Å². The van der Waals surface area contributed by atoms with E-state index < -0.39 is 5.82 Å². The summed E-state index contributed by atoms with van der Waals surface area (Å²) in [6, 6.07) is 4.00. The third-order valence-corrected chi connectivity index (χ3v) is 7.96. The minimum Gasteiger partial charge on any atom is -0.373 e. The summed E-state index contributed by atoms with van der Waals surface area (Å²) in [6.07, 6.45) is 10.4. The van der Waals surface area contributed by atoms with Crippen LogP contribution in [0.4, 0.5) is 15.9 Å². The van der Waals surface area contributed by atoms with Crippen molar-refractivity contribution in [3.63, 3.8) is 0 Å². The molecule has 35 heavy (non-hydrogen) atoms. The van der Waals surface area contributed by atoms with Gasteiger partial charge < -0.3 is 15.1 Å². The number of hydrogen-bond donors (Lipinski definition) is 2. The molecule has 1 unspecified atom stereocenters. The summed E-state index contributed by atoms with van der Waals surface area (Å²) in [6.45, 7) is 2.36. The van der Waals surface area contributed by atoms with E-state index in [2.05, 4.69) is 35.3 Å². The molecule has 3 aromatic rings. The maximum absolute atomic E-state index is 14.1. The molecule has 0 radical (unpaired) electrons. The molecule has 2 saturated heterocycles. The van der Waals surface area contributed by atoms with Gasteiger partial charge in [-0.1, -0.05) is 11.6 Å². The number of aromatic amines is 1. The molecular formula is C25H29ClFN7O. The Kier molecular flexibility index (Phi) is 5.75. The molecule has 6 rings (SSSR count). The molecule has 8 nitrogen and oxygen atoms in total. The van der Waals surface area contributed by atoms with E-state index >= 15 is 0 Å². The van der Waals surface area contributed by atoms with Crippen molar-refractivity contribution in [2.24, 2.45) is 5.92 Å². The minimum absolute atomic E-state index is 0.116. The van der Waals surface area contributed by atoms with Crippen LogP contribution in [-0.2, 0) is 4.79 Å². The minimum atomic E-state index is -0.408. The second-order valence-corrected chi connectivity index (χ2v) is 10.6. The molecule has 1 amide bonds. The summed E-state index contributed by atoms with van der Waals surface area (Å²) < 4.78 is 14.0. The Bertz CT molecular complexity index is 1220. The van der Waals surface area contributed by atoms with Crippen LogP contribution in [0.5, 0.6) is 0 Å². The predicted octanol–water partition coefficient (Wildman–Crippen LogP) is 4.39. The molecule has 3 fully saturated rings. The highest BCUT2D eigenvalue weighted by Crippen LogP contribution is 2.42. The number of aromatic nitrogens is 4. The van der Waals surface area contributed by atoms with E-state index in [0.29, 0.717) is 10.7 Å². The molecule has 1 spiro atoms. The van der Waals surface area contributed by atoms with Gasteiger partial charge in [0.2, 0.25) is 5.91 Å². The fourth-order valence-electron chi connectivity index (χ4n) is 5.96. The van der Waals surface area contributed by atoms with Gasteiger partial charge in [-0.25, -0.2) is 14.4 Å². The van der Waals surface area contributed by atoms with Crippen molar-refractivity contribution >= 4 is 40.0 Å². The monoisotopic (exact) mass is 497 g/mol. The van der Waals surface area contributed by atoms with E-state index in [-0.39, 0.29) is 23.4 Å². The number of nitrogens with one attached hydrogen (secondary N) is 2. The summed E-state index contributed by atoms with van der Waals surface area (Å²) in [5.74, 6) is 0.836. The fraction of sp³-hybridized carbons (Fsp3) is 0.520. The number of halogens is 2. The van der Waals surface area contributed by atoms with E-state index in [1.54, 1.807) is 18.6 Å². The van der Waals surface area contributed by atoms with Crippen molar-refractivity contribution in [3.8, 4) is 0 Å². The molecular weight excluding hydrogens is 469 g/mol. The Morgan fingerprint density at radius 1 is 1.17 bits per heavy atom. The Hall–Kier alpha value is -2.94. The normalized spacial score (nSPS) is 23.6. The van der Waals surface area contributed by atoms with E-state index in [4.69, 9.17) is 11.6 Å². The van der Waals surface area contributed by atoms with Gasteiger partial charge in [0.25, 0.3) is 0 Å². The second-order valence-electron chi connectivity index (χ2n) is 10.1. The maximum Gasteiger partial charge on any atom is 0.245 e. The average Bonchev–Trinajstić information content (AvgIpc) is 3.57. The fourth-order valence-corrected chi connectivity index (χ4v) is 6.18. The Balaban J connectivity index is 1.29. The maximum atomic E-state index is 14.1. The molecule has 10 heteroatoms. The molecule has 1 aromatic carbocycles. The molecule has 2 aromatic heterocycles. The van der Waals surface area contributed by atoms with Crippen molar-refractivity contribution < 1.29 is 9.18 Å². The number of benzene rings is 1. The standard InChI is InChI=1S/C25H29ClFN7O/c26-17-10-18(27)12-19(11-17)31-21(16-4-5-16)24(35)34-9-2-1-6-25(34)7-3-8-33(14-25)23-20-13-30-32-22(20)28-15-29-23/h10-13,15-16,21,31H,1-9,14H2,(H,28,29,30,32)/t21-,25?/m1/s1. The summed E-state index contributed by atoms with van der Waals surface area (Å²) in [7, 11) is 0. The van der Waals surface area contributed by atoms with Crippen LogP contribution in [-0.4, -0.2) is 62.2 Å². The summed E-state index contributed by atoms with van der Waals surface area (Å²) in [4.78, 5) is 27.4. The lowest BCUT2D eigenvalue weighted by Crippen LogP contribution is -2.64. The number of carbonyl (C=O) groups excluding carboxylic acids is 1. The zero-order valence-electron chi connectivity index (χ0n) is 19.5. The SMILES string of the molecule is O=C([C@H](Nc1cc(F)cc(Cl)c1)C1CC1)N1CCCCC12CCCN(c1ncnc3[nH]ncc13)C2. The lowest BCUT2D eigenvalue weighted by molar-refractivity contribution is -0.142. The third kappa shape index (κ3) is 4.30. The zero-order valence-corrected chi connectivity index (χ0v) is 20.3. The van der Waals surface area contributed by atoms with Gasteiger partial charge in [-0.15, -0.1) is 0 Å². The molecule has 2 N–H and O–H groups in total. The van der Waals surface area contributed by atoms with Crippen LogP contribution >= 0.6 is 11.6 Å². The van der Waals surface area contributed by atoms with Crippen molar-refractivity contribution in [2.45, 2.75) is 56.5 Å². The molecule has 2 aliphatic heterocycles. The van der Waals surface area contributed by atoms with Gasteiger partial charge in [0.1, 0.15) is 24.0 Å². The molecule has 3 aliphatic rings. The molecule has 1 saturated carbocycles. The first kappa shape index (κ1) is 22.5.